The summed E-state index contributed by atoms with van der Waals surface area (Å²) in [6.07, 6.45) is 11.0. The van der Waals surface area contributed by atoms with Gasteiger partial charge in [0.1, 0.15) is 12.1 Å². The van der Waals surface area contributed by atoms with E-state index in [0.717, 1.165) is 61.9 Å². The lowest BCUT2D eigenvalue weighted by Gasteiger charge is -2.25. The van der Waals surface area contributed by atoms with Crippen LogP contribution in [0.1, 0.15) is 52.9 Å². The number of hydrogen-bond donors (Lipinski definition) is 0. The van der Waals surface area contributed by atoms with Gasteiger partial charge in [-0.1, -0.05) is 141 Å². The fourth-order valence-electron chi connectivity index (χ4n) is 8.17. The summed E-state index contributed by atoms with van der Waals surface area (Å²) in [5.74, 6) is 1.28. The molecule has 0 bridgehead atoms. The summed E-state index contributed by atoms with van der Waals surface area (Å²) < 4.78 is 4.43. The molecule has 1 aliphatic rings. The van der Waals surface area contributed by atoms with Crippen LogP contribution in [0, 0.1) is 29.6 Å². The molecule has 3 heterocycles. The minimum absolute atomic E-state index is 0.140. The Balaban J connectivity index is 1.47. The summed E-state index contributed by atoms with van der Waals surface area (Å²) >= 11 is 0. The fourth-order valence-corrected chi connectivity index (χ4v) is 8.17. The van der Waals surface area contributed by atoms with Crippen LogP contribution in [0.5, 0.6) is 0 Å². The number of nitrogens with zero attached hydrogens (tertiary/aromatic N) is 7. The van der Waals surface area contributed by atoms with Gasteiger partial charge in [0.15, 0.2) is 17.5 Å². The van der Waals surface area contributed by atoms with Crippen molar-refractivity contribution in [3.8, 4) is 57.7 Å². The van der Waals surface area contributed by atoms with E-state index in [0.29, 0.717) is 34.2 Å². The van der Waals surface area contributed by atoms with Gasteiger partial charge in [0, 0.05) is 50.3 Å². The molecular weight excluding hydrogens is 687 g/mol. The second kappa shape index (κ2) is 14.0. The van der Waals surface area contributed by atoms with Gasteiger partial charge in [-0.05, 0) is 31.5 Å². The molecule has 0 radical (unpaired) electrons. The minimum Gasteiger partial charge on any atom is -0.311 e. The van der Waals surface area contributed by atoms with Gasteiger partial charge in [0.25, 0.3) is 0 Å². The number of nitriles is 2. The first kappa shape index (κ1) is 34.2. The second-order valence-corrected chi connectivity index (χ2v) is 13.9. The Labute approximate surface area is 325 Å². The van der Waals surface area contributed by atoms with E-state index in [1.807, 2.05) is 91.0 Å². The Morgan fingerprint density at radius 1 is 0.732 bits per heavy atom. The quantitative estimate of drug-likeness (QED) is 0.153. The van der Waals surface area contributed by atoms with Gasteiger partial charge in [-0.2, -0.15) is 10.5 Å². The first-order valence-electron chi connectivity index (χ1n) is 18.6. The average molecular weight is 722 g/mol. The number of benzene rings is 5. The third kappa shape index (κ3) is 5.45. The highest BCUT2D eigenvalue weighted by Gasteiger charge is 2.31. The predicted molar refractivity (Wildman–Crippen MR) is 225 cm³/mol. The van der Waals surface area contributed by atoms with E-state index in [4.69, 9.17) is 15.0 Å². The standard InChI is InChI=1S/C49H35N7/c1-4-5-22-36-32(3)55(41-26-14-12-23-37(36)41)43-28-35(29-50)44(49-53-47(33-18-8-6-9-19-33)52-48(54-49)34-20-10-7-11-21-34)40(30-51)46(43)56-42-27-15-13-24-38(42)39-25-16-17-31(2)45(39)56/h4-16,18-28,31H,1,17H2,2-3H3/b22-5-. The maximum absolute atomic E-state index is 11.6. The summed E-state index contributed by atoms with van der Waals surface area (Å²) in [4.78, 5) is 15.0. The van der Waals surface area contributed by atoms with Gasteiger partial charge in [0.2, 0.25) is 0 Å². The Kier molecular flexibility index (Phi) is 8.54. The minimum atomic E-state index is 0.140. The van der Waals surface area contributed by atoms with Crippen LogP contribution < -0.4 is 0 Å². The van der Waals surface area contributed by atoms with Crippen LogP contribution in [0.15, 0.2) is 140 Å². The third-order valence-electron chi connectivity index (χ3n) is 10.7. The summed E-state index contributed by atoms with van der Waals surface area (Å²) in [7, 11) is 0. The normalized spacial score (nSPS) is 13.5. The molecule has 1 unspecified atom stereocenters. The zero-order valence-electron chi connectivity index (χ0n) is 31.0. The van der Waals surface area contributed by atoms with Crippen molar-refractivity contribution in [1.82, 2.24) is 24.1 Å². The smallest absolute Gasteiger partial charge is 0.166 e. The van der Waals surface area contributed by atoms with Crippen LogP contribution in [-0.2, 0) is 0 Å². The number of aromatic nitrogens is 5. The highest BCUT2D eigenvalue weighted by atomic mass is 15.1. The molecule has 1 atom stereocenters. The molecule has 1 aliphatic carbocycles. The van der Waals surface area contributed by atoms with Crippen molar-refractivity contribution in [2.24, 2.45) is 0 Å². The van der Waals surface area contributed by atoms with Crippen molar-refractivity contribution in [2.75, 3.05) is 0 Å². The van der Waals surface area contributed by atoms with E-state index in [1.165, 1.54) is 0 Å². The lowest BCUT2D eigenvalue weighted by Crippen LogP contribution is -2.14. The maximum Gasteiger partial charge on any atom is 0.166 e. The van der Waals surface area contributed by atoms with E-state index in [9.17, 15) is 10.5 Å². The lowest BCUT2D eigenvalue weighted by molar-refractivity contribution is 0.722. The summed E-state index contributed by atoms with van der Waals surface area (Å²) in [5, 5.41) is 24.8. The molecule has 0 saturated carbocycles. The van der Waals surface area contributed by atoms with Crippen molar-refractivity contribution in [1.29, 1.82) is 10.5 Å². The molecule has 8 aromatic rings. The largest absolute Gasteiger partial charge is 0.311 e. The van der Waals surface area contributed by atoms with E-state index < -0.39 is 0 Å². The van der Waals surface area contributed by atoms with Crippen molar-refractivity contribution in [2.45, 2.75) is 26.2 Å². The summed E-state index contributed by atoms with van der Waals surface area (Å²) in [6.45, 7) is 8.23. The Morgan fingerprint density at radius 3 is 1.95 bits per heavy atom. The molecule has 0 N–H and O–H groups in total. The van der Waals surface area contributed by atoms with Crippen molar-refractivity contribution >= 4 is 34.0 Å². The highest BCUT2D eigenvalue weighted by molar-refractivity contribution is 5.98. The molecule has 5 aromatic carbocycles. The molecule has 0 spiro atoms. The highest BCUT2D eigenvalue weighted by Crippen LogP contribution is 2.45. The van der Waals surface area contributed by atoms with Gasteiger partial charge in [-0.15, -0.1) is 0 Å². The first-order chi connectivity index (χ1) is 27.5. The third-order valence-corrected chi connectivity index (χ3v) is 10.7. The topological polar surface area (TPSA) is 96.1 Å². The Hall–Kier alpha value is -7.61. The number of allylic oxidation sites excluding steroid dienone is 3. The SMILES string of the molecule is C=C/C=C\c1c(C)n(-c2cc(C#N)c(-c3nc(-c4ccccc4)nc(-c4ccccc4)n3)c(C#N)c2-n2c3c(c4ccccc42)C=CCC3C)c2ccccc12. The predicted octanol–water partition coefficient (Wildman–Crippen LogP) is 11.5. The molecule has 266 valence electrons. The molecule has 9 rings (SSSR count). The van der Waals surface area contributed by atoms with E-state index in [-0.39, 0.29) is 17.3 Å². The maximum atomic E-state index is 11.6. The molecule has 7 heteroatoms. The van der Waals surface area contributed by atoms with Crippen molar-refractivity contribution < 1.29 is 0 Å². The monoisotopic (exact) mass is 721 g/mol. The molecule has 0 fully saturated rings. The Bertz CT molecular complexity index is 2950. The molecule has 56 heavy (non-hydrogen) atoms. The number of hydrogen-bond acceptors (Lipinski definition) is 5. The number of fused-ring (bicyclic) bond motifs is 4. The molecule has 0 amide bonds. The van der Waals surface area contributed by atoms with Crippen molar-refractivity contribution in [3.63, 3.8) is 0 Å². The van der Waals surface area contributed by atoms with E-state index in [1.54, 1.807) is 6.08 Å². The number of rotatable bonds is 7. The van der Waals surface area contributed by atoms with Crippen LogP contribution in [-0.4, -0.2) is 24.1 Å². The summed E-state index contributed by atoms with van der Waals surface area (Å²) in [6, 6.07) is 43.0. The van der Waals surface area contributed by atoms with Crippen molar-refractivity contribution in [3.05, 3.63) is 174 Å². The first-order valence-corrected chi connectivity index (χ1v) is 18.6. The summed E-state index contributed by atoms with van der Waals surface area (Å²) in [5.41, 5.74) is 10.0. The van der Waals surface area contributed by atoms with Gasteiger partial charge in [-0.3, -0.25) is 0 Å². The number of para-hydroxylation sites is 2. The van der Waals surface area contributed by atoms with Gasteiger partial charge in [0.05, 0.1) is 39.1 Å². The van der Waals surface area contributed by atoms with Crippen LogP contribution in [0.4, 0.5) is 0 Å². The van der Waals surface area contributed by atoms with Gasteiger partial charge in [-0.25, -0.2) is 15.0 Å². The van der Waals surface area contributed by atoms with Crippen LogP contribution in [0.3, 0.4) is 0 Å². The zero-order chi connectivity index (χ0) is 38.3. The van der Waals surface area contributed by atoms with E-state index >= 15 is 0 Å². The average Bonchev–Trinajstić information content (AvgIpc) is 3.74. The van der Waals surface area contributed by atoms with Gasteiger partial charge >= 0.3 is 0 Å². The van der Waals surface area contributed by atoms with Crippen LogP contribution in [0.25, 0.3) is 79.5 Å². The fraction of sp³-hybridized carbons (Fsp3) is 0.0816. The molecule has 7 nitrogen and oxygen atoms in total. The lowest BCUT2D eigenvalue weighted by atomic mass is 9.92. The second-order valence-electron chi connectivity index (χ2n) is 13.9. The molecule has 3 aromatic heterocycles. The van der Waals surface area contributed by atoms with E-state index in [2.05, 4.69) is 90.3 Å². The van der Waals surface area contributed by atoms with Crippen LogP contribution >= 0.6 is 0 Å². The molecule has 0 saturated heterocycles. The Morgan fingerprint density at radius 2 is 1.32 bits per heavy atom. The molecule has 0 aliphatic heterocycles. The molecular formula is C49H35N7. The van der Waals surface area contributed by atoms with Crippen LogP contribution in [0.2, 0.25) is 0 Å². The zero-order valence-corrected chi connectivity index (χ0v) is 31.0. The van der Waals surface area contributed by atoms with Gasteiger partial charge < -0.3 is 9.13 Å².